The molecular formula is C10H5Br2FN2OS. The van der Waals surface area contributed by atoms with Crippen LogP contribution in [-0.2, 0) is 0 Å². The maximum atomic E-state index is 12.6. The number of thiophene rings is 1. The molecule has 0 radical (unpaired) electrons. The van der Waals surface area contributed by atoms with E-state index in [-0.39, 0.29) is 5.91 Å². The molecule has 2 aromatic heterocycles. The lowest BCUT2D eigenvalue weighted by molar-refractivity contribution is 0.103. The van der Waals surface area contributed by atoms with Gasteiger partial charge in [-0.2, -0.15) is 4.39 Å². The van der Waals surface area contributed by atoms with Crippen molar-refractivity contribution in [1.29, 1.82) is 0 Å². The van der Waals surface area contributed by atoms with Crippen molar-refractivity contribution in [1.82, 2.24) is 4.98 Å². The Labute approximate surface area is 117 Å². The van der Waals surface area contributed by atoms with Crippen LogP contribution in [0.1, 0.15) is 9.67 Å². The number of hydrogen-bond donors (Lipinski definition) is 1. The van der Waals surface area contributed by atoms with Crippen molar-refractivity contribution in [2.75, 3.05) is 5.32 Å². The standard InChI is InChI=1S/C10H5Br2FN2OS/c11-6-3-7(17-9(6)12)10(16)15-5-1-2-8(13)14-4-5/h1-4H,(H,15,16). The van der Waals surface area contributed by atoms with Crippen LogP contribution in [0.15, 0.2) is 32.7 Å². The Morgan fingerprint density at radius 2 is 2.18 bits per heavy atom. The van der Waals surface area contributed by atoms with E-state index in [0.717, 1.165) is 8.26 Å². The summed E-state index contributed by atoms with van der Waals surface area (Å²) in [5, 5.41) is 2.63. The lowest BCUT2D eigenvalue weighted by atomic mass is 10.4. The molecule has 0 saturated carbocycles. The largest absolute Gasteiger partial charge is 0.320 e. The van der Waals surface area contributed by atoms with Crippen LogP contribution in [0.25, 0.3) is 0 Å². The Morgan fingerprint density at radius 3 is 2.71 bits per heavy atom. The van der Waals surface area contributed by atoms with E-state index in [0.29, 0.717) is 10.6 Å². The molecule has 0 unspecified atom stereocenters. The number of carbonyl (C=O) groups excluding carboxylic acids is 1. The van der Waals surface area contributed by atoms with Gasteiger partial charge in [-0.15, -0.1) is 11.3 Å². The third-order valence-corrected chi connectivity index (χ3v) is 5.11. The van der Waals surface area contributed by atoms with Crippen LogP contribution >= 0.6 is 43.2 Å². The Hall–Kier alpha value is -0.790. The number of amides is 1. The molecule has 0 aromatic carbocycles. The molecule has 88 valence electrons. The zero-order chi connectivity index (χ0) is 12.4. The Morgan fingerprint density at radius 1 is 1.41 bits per heavy atom. The minimum Gasteiger partial charge on any atom is -0.320 e. The highest BCUT2D eigenvalue weighted by Gasteiger charge is 2.12. The highest BCUT2D eigenvalue weighted by molar-refractivity contribution is 9.13. The minimum absolute atomic E-state index is 0.255. The molecule has 0 saturated heterocycles. The zero-order valence-corrected chi connectivity index (χ0v) is 12.2. The predicted molar refractivity (Wildman–Crippen MR) is 71.9 cm³/mol. The molecule has 0 bridgehead atoms. The van der Waals surface area contributed by atoms with Gasteiger partial charge >= 0.3 is 0 Å². The van der Waals surface area contributed by atoms with Crippen LogP contribution in [-0.4, -0.2) is 10.9 Å². The first kappa shape index (κ1) is 12.7. The van der Waals surface area contributed by atoms with Crippen molar-refractivity contribution < 1.29 is 9.18 Å². The summed E-state index contributed by atoms with van der Waals surface area (Å²) in [6.07, 6.45) is 1.27. The number of pyridine rings is 1. The van der Waals surface area contributed by atoms with Gasteiger partial charge in [-0.05, 0) is 50.1 Å². The second-order valence-corrected chi connectivity index (χ2v) is 6.28. The second kappa shape index (κ2) is 5.24. The number of carbonyl (C=O) groups is 1. The lowest BCUT2D eigenvalue weighted by Crippen LogP contribution is -2.10. The van der Waals surface area contributed by atoms with E-state index in [1.807, 2.05) is 0 Å². The summed E-state index contributed by atoms with van der Waals surface area (Å²) >= 11 is 7.92. The average Bonchev–Trinajstić information content (AvgIpc) is 2.63. The van der Waals surface area contributed by atoms with Crippen LogP contribution in [0.3, 0.4) is 0 Å². The minimum atomic E-state index is -0.579. The van der Waals surface area contributed by atoms with Crippen LogP contribution in [0, 0.1) is 5.95 Å². The van der Waals surface area contributed by atoms with Crippen LogP contribution in [0.4, 0.5) is 10.1 Å². The van der Waals surface area contributed by atoms with Crippen molar-refractivity contribution in [2.45, 2.75) is 0 Å². The molecule has 0 spiro atoms. The van der Waals surface area contributed by atoms with E-state index in [9.17, 15) is 9.18 Å². The number of hydrogen-bond acceptors (Lipinski definition) is 3. The highest BCUT2D eigenvalue weighted by Crippen LogP contribution is 2.32. The van der Waals surface area contributed by atoms with Crippen LogP contribution < -0.4 is 5.32 Å². The fourth-order valence-electron chi connectivity index (χ4n) is 1.10. The van der Waals surface area contributed by atoms with E-state index in [1.165, 1.54) is 29.7 Å². The van der Waals surface area contributed by atoms with Gasteiger partial charge in [0.1, 0.15) is 0 Å². The fraction of sp³-hybridized carbons (Fsp3) is 0. The summed E-state index contributed by atoms with van der Waals surface area (Å²) in [7, 11) is 0. The molecule has 0 aliphatic carbocycles. The Bertz CT molecular complexity index is 536. The quantitative estimate of drug-likeness (QED) is 0.799. The summed E-state index contributed by atoms with van der Waals surface area (Å²) in [5.41, 5.74) is 0.456. The maximum absolute atomic E-state index is 12.6. The molecule has 0 aliphatic heterocycles. The SMILES string of the molecule is O=C(Nc1ccc(F)nc1)c1cc(Br)c(Br)s1. The normalized spacial score (nSPS) is 10.3. The third-order valence-electron chi connectivity index (χ3n) is 1.85. The zero-order valence-electron chi connectivity index (χ0n) is 8.21. The van der Waals surface area contributed by atoms with Crippen LogP contribution in [0.5, 0.6) is 0 Å². The van der Waals surface area contributed by atoms with Gasteiger partial charge in [-0.3, -0.25) is 4.79 Å². The van der Waals surface area contributed by atoms with Gasteiger partial charge in [-0.1, -0.05) is 0 Å². The van der Waals surface area contributed by atoms with Gasteiger partial charge in [0, 0.05) is 4.47 Å². The molecular weight excluding hydrogens is 375 g/mol. The lowest BCUT2D eigenvalue weighted by Gasteiger charge is -2.01. The molecule has 0 aliphatic rings. The predicted octanol–water partition coefficient (Wildman–Crippen LogP) is 4.06. The van der Waals surface area contributed by atoms with Gasteiger partial charge < -0.3 is 5.32 Å². The molecule has 1 amide bonds. The second-order valence-electron chi connectivity index (χ2n) is 3.06. The van der Waals surface area contributed by atoms with Crippen molar-refractivity contribution in [2.24, 2.45) is 0 Å². The maximum Gasteiger partial charge on any atom is 0.265 e. The highest BCUT2D eigenvalue weighted by atomic mass is 79.9. The van der Waals surface area contributed by atoms with Gasteiger partial charge in [0.25, 0.3) is 5.91 Å². The third kappa shape index (κ3) is 3.11. The number of rotatable bonds is 2. The molecule has 2 rings (SSSR count). The number of halogens is 3. The summed E-state index contributed by atoms with van der Waals surface area (Å²) in [6.45, 7) is 0. The van der Waals surface area contributed by atoms with Crippen molar-refractivity contribution in [3.05, 3.63) is 43.5 Å². The topological polar surface area (TPSA) is 42.0 Å². The summed E-state index contributed by atoms with van der Waals surface area (Å²) in [6, 6.07) is 4.36. The number of anilines is 1. The Balaban J connectivity index is 2.14. The first-order chi connectivity index (χ1) is 8.06. The molecule has 17 heavy (non-hydrogen) atoms. The van der Waals surface area contributed by atoms with Crippen molar-refractivity contribution >= 4 is 54.8 Å². The van der Waals surface area contributed by atoms with E-state index in [2.05, 4.69) is 42.2 Å². The number of nitrogens with zero attached hydrogens (tertiary/aromatic N) is 1. The number of aromatic nitrogens is 1. The molecule has 2 aromatic rings. The van der Waals surface area contributed by atoms with Gasteiger partial charge in [0.2, 0.25) is 5.95 Å². The van der Waals surface area contributed by atoms with E-state index in [4.69, 9.17) is 0 Å². The summed E-state index contributed by atoms with van der Waals surface area (Å²) in [5.74, 6) is -0.834. The first-order valence-electron chi connectivity index (χ1n) is 4.44. The fourth-order valence-corrected chi connectivity index (χ4v) is 3.03. The van der Waals surface area contributed by atoms with Gasteiger partial charge in [0.05, 0.1) is 20.5 Å². The van der Waals surface area contributed by atoms with E-state index >= 15 is 0 Å². The average molecular weight is 380 g/mol. The van der Waals surface area contributed by atoms with E-state index < -0.39 is 5.95 Å². The van der Waals surface area contributed by atoms with Crippen molar-refractivity contribution in [3.8, 4) is 0 Å². The molecule has 3 nitrogen and oxygen atoms in total. The van der Waals surface area contributed by atoms with Gasteiger partial charge in [-0.25, -0.2) is 4.98 Å². The van der Waals surface area contributed by atoms with Gasteiger partial charge in [0.15, 0.2) is 0 Å². The number of nitrogens with one attached hydrogen (secondary N) is 1. The summed E-state index contributed by atoms with van der Waals surface area (Å²) < 4.78 is 14.2. The molecule has 0 atom stereocenters. The molecule has 2 heterocycles. The van der Waals surface area contributed by atoms with Crippen molar-refractivity contribution in [3.63, 3.8) is 0 Å². The first-order valence-corrected chi connectivity index (χ1v) is 6.84. The smallest absolute Gasteiger partial charge is 0.265 e. The van der Waals surface area contributed by atoms with Crippen LogP contribution in [0.2, 0.25) is 0 Å². The van der Waals surface area contributed by atoms with E-state index in [1.54, 1.807) is 6.07 Å². The molecule has 0 fully saturated rings. The monoisotopic (exact) mass is 378 g/mol. The molecule has 7 heteroatoms. The molecule has 1 N–H and O–H groups in total. The summed E-state index contributed by atoms with van der Waals surface area (Å²) in [4.78, 5) is 15.8. The Kier molecular flexibility index (Phi) is 3.90.